The normalized spacial score (nSPS) is 40.9. The molecule has 2 fully saturated rings. The Hall–Kier alpha value is 0.620. The monoisotopic (exact) mass is 260 g/mol. The van der Waals surface area contributed by atoms with Gasteiger partial charge in [0.15, 0.2) is 0 Å². The Morgan fingerprint density at radius 2 is 2.12 bits per heavy atom. The Kier molecular flexibility index (Phi) is 5.33. The van der Waals surface area contributed by atoms with Crippen LogP contribution in [0.25, 0.3) is 0 Å². The highest BCUT2D eigenvalue weighted by Crippen LogP contribution is 2.26. The van der Waals surface area contributed by atoms with Crippen molar-refractivity contribution in [1.82, 2.24) is 10.6 Å². The molecule has 0 amide bonds. The lowest BCUT2D eigenvalue weighted by atomic mass is 10.0. The van der Waals surface area contributed by atoms with Crippen molar-refractivity contribution in [2.24, 2.45) is 5.92 Å². The molecule has 0 aromatic heterocycles. The molecule has 0 aromatic carbocycles. The second kappa shape index (κ2) is 6.53. The van der Waals surface area contributed by atoms with Crippen LogP contribution in [-0.2, 0) is 0 Å². The largest absolute Gasteiger partial charge is 0.316 e. The lowest BCUT2D eigenvalue weighted by Crippen LogP contribution is -2.43. The van der Waals surface area contributed by atoms with Crippen LogP contribution in [0.5, 0.6) is 0 Å². The molecule has 2 unspecified atom stereocenters. The molecule has 4 atom stereocenters. The number of hydrogen-bond donors (Lipinski definition) is 3. The van der Waals surface area contributed by atoms with Gasteiger partial charge in [0.25, 0.3) is 0 Å². The molecule has 0 bridgehead atoms. The van der Waals surface area contributed by atoms with Crippen LogP contribution in [0.4, 0.5) is 0 Å². The van der Waals surface area contributed by atoms with E-state index >= 15 is 0 Å². The van der Waals surface area contributed by atoms with Gasteiger partial charge in [0.1, 0.15) is 0 Å². The molecule has 16 heavy (non-hydrogen) atoms. The fourth-order valence-corrected chi connectivity index (χ4v) is 4.19. The van der Waals surface area contributed by atoms with Crippen molar-refractivity contribution >= 4 is 24.4 Å². The van der Waals surface area contributed by atoms with Gasteiger partial charge in [-0.3, -0.25) is 0 Å². The smallest absolute Gasteiger partial charge is 0.0199 e. The predicted molar refractivity (Wildman–Crippen MR) is 76.7 cm³/mol. The number of hydrogen-bond acceptors (Lipinski definition) is 4. The van der Waals surface area contributed by atoms with Crippen LogP contribution in [0, 0.1) is 5.92 Å². The minimum atomic E-state index is 0.580. The highest BCUT2D eigenvalue weighted by atomic mass is 32.2. The molecule has 0 saturated carbocycles. The van der Waals surface area contributed by atoms with Gasteiger partial charge in [-0.05, 0) is 31.7 Å². The number of nitrogens with one attached hydrogen (secondary N) is 2. The van der Waals surface area contributed by atoms with Crippen molar-refractivity contribution in [1.29, 1.82) is 0 Å². The predicted octanol–water partition coefficient (Wildman–Crippen LogP) is 1.77. The SMILES string of the molecule is CC1CCNCC1SC[C@@H]1CC[C@H](S)CN1. The fraction of sp³-hybridized carbons (Fsp3) is 1.00. The van der Waals surface area contributed by atoms with Gasteiger partial charge in [-0.25, -0.2) is 0 Å². The summed E-state index contributed by atoms with van der Waals surface area (Å²) in [5.74, 6) is 2.16. The van der Waals surface area contributed by atoms with Crippen LogP contribution in [0.1, 0.15) is 26.2 Å². The van der Waals surface area contributed by atoms with Crippen molar-refractivity contribution in [3.8, 4) is 0 Å². The quantitative estimate of drug-likeness (QED) is 0.674. The summed E-state index contributed by atoms with van der Waals surface area (Å²) in [6.07, 6.45) is 3.92. The Bertz CT molecular complexity index is 205. The zero-order valence-electron chi connectivity index (χ0n) is 10.1. The summed E-state index contributed by atoms with van der Waals surface area (Å²) >= 11 is 6.67. The summed E-state index contributed by atoms with van der Waals surface area (Å²) in [6, 6.07) is 0.725. The standard InChI is InChI=1S/C12H24N2S2/c1-9-4-5-13-7-12(9)16-8-10-2-3-11(15)6-14-10/h9-15H,2-8H2,1H3/t9?,10-,11-,12?/m0/s1. The summed E-state index contributed by atoms with van der Waals surface area (Å²) in [5, 5.41) is 8.52. The molecular weight excluding hydrogens is 236 g/mol. The molecule has 94 valence electrons. The van der Waals surface area contributed by atoms with E-state index < -0.39 is 0 Å². The molecule has 4 heteroatoms. The molecular formula is C12H24N2S2. The van der Waals surface area contributed by atoms with E-state index in [9.17, 15) is 0 Å². The third kappa shape index (κ3) is 3.83. The molecule has 0 radical (unpaired) electrons. The Balaban J connectivity index is 1.66. The summed E-state index contributed by atoms with van der Waals surface area (Å²) in [6.45, 7) is 5.90. The topological polar surface area (TPSA) is 24.1 Å². The molecule has 2 saturated heterocycles. The summed E-state index contributed by atoms with van der Waals surface area (Å²) in [5.41, 5.74) is 0. The number of rotatable bonds is 3. The van der Waals surface area contributed by atoms with Crippen LogP contribution < -0.4 is 10.6 Å². The van der Waals surface area contributed by atoms with Crippen molar-refractivity contribution in [2.75, 3.05) is 25.4 Å². The second-order valence-corrected chi connectivity index (χ2v) is 7.18. The van der Waals surface area contributed by atoms with E-state index in [4.69, 9.17) is 0 Å². The van der Waals surface area contributed by atoms with Crippen molar-refractivity contribution in [2.45, 2.75) is 42.7 Å². The first-order chi connectivity index (χ1) is 7.75. The molecule has 0 aromatic rings. The number of thioether (sulfide) groups is 1. The van der Waals surface area contributed by atoms with E-state index in [0.717, 1.165) is 23.8 Å². The van der Waals surface area contributed by atoms with Gasteiger partial charge >= 0.3 is 0 Å². The minimum absolute atomic E-state index is 0.580. The lowest BCUT2D eigenvalue weighted by molar-refractivity contribution is 0.410. The average Bonchev–Trinajstić information content (AvgIpc) is 2.30. The van der Waals surface area contributed by atoms with E-state index in [1.54, 1.807) is 0 Å². The molecule has 0 spiro atoms. The summed E-state index contributed by atoms with van der Waals surface area (Å²) in [4.78, 5) is 0. The Morgan fingerprint density at radius 3 is 2.81 bits per heavy atom. The van der Waals surface area contributed by atoms with E-state index in [1.165, 1.54) is 38.1 Å². The van der Waals surface area contributed by atoms with Gasteiger partial charge in [0, 0.05) is 35.4 Å². The first-order valence-electron chi connectivity index (χ1n) is 6.49. The third-order valence-electron chi connectivity index (χ3n) is 3.76. The van der Waals surface area contributed by atoms with E-state index in [2.05, 4.69) is 41.9 Å². The maximum Gasteiger partial charge on any atom is 0.0199 e. The fourth-order valence-electron chi connectivity index (χ4n) is 2.47. The lowest BCUT2D eigenvalue weighted by Gasteiger charge is -2.32. The van der Waals surface area contributed by atoms with E-state index in [1.807, 2.05) is 0 Å². The van der Waals surface area contributed by atoms with Crippen LogP contribution in [0.2, 0.25) is 0 Å². The molecule has 0 aliphatic carbocycles. The van der Waals surface area contributed by atoms with Crippen LogP contribution in [0.15, 0.2) is 0 Å². The highest BCUT2D eigenvalue weighted by molar-refractivity contribution is 8.00. The summed E-state index contributed by atoms with van der Waals surface area (Å²) in [7, 11) is 0. The van der Waals surface area contributed by atoms with E-state index in [-0.39, 0.29) is 0 Å². The van der Waals surface area contributed by atoms with Crippen molar-refractivity contribution < 1.29 is 0 Å². The molecule has 2 heterocycles. The average molecular weight is 260 g/mol. The second-order valence-electron chi connectivity index (χ2n) is 5.18. The number of piperidine rings is 2. The van der Waals surface area contributed by atoms with Gasteiger partial charge in [0.2, 0.25) is 0 Å². The first kappa shape index (κ1) is 13.1. The molecule has 2 rings (SSSR count). The molecule has 2 nitrogen and oxygen atoms in total. The Labute approximate surface area is 109 Å². The number of thiol groups is 1. The van der Waals surface area contributed by atoms with E-state index in [0.29, 0.717) is 5.25 Å². The zero-order chi connectivity index (χ0) is 11.4. The molecule has 2 aliphatic heterocycles. The molecule has 2 N–H and O–H groups in total. The highest BCUT2D eigenvalue weighted by Gasteiger charge is 2.24. The first-order valence-corrected chi connectivity index (χ1v) is 8.06. The van der Waals surface area contributed by atoms with Crippen LogP contribution >= 0.6 is 24.4 Å². The Morgan fingerprint density at radius 1 is 1.25 bits per heavy atom. The molecule has 2 aliphatic rings. The van der Waals surface area contributed by atoms with Gasteiger partial charge in [-0.1, -0.05) is 6.92 Å². The van der Waals surface area contributed by atoms with Gasteiger partial charge in [-0.15, -0.1) is 0 Å². The van der Waals surface area contributed by atoms with Crippen LogP contribution in [0.3, 0.4) is 0 Å². The maximum atomic E-state index is 4.51. The minimum Gasteiger partial charge on any atom is -0.316 e. The third-order valence-corrected chi connectivity index (χ3v) is 5.85. The summed E-state index contributed by atoms with van der Waals surface area (Å²) < 4.78 is 0. The van der Waals surface area contributed by atoms with Crippen molar-refractivity contribution in [3.05, 3.63) is 0 Å². The van der Waals surface area contributed by atoms with Gasteiger partial charge in [0.05, 0.1) is 0 Å². The van der Waals surface area contributed by atoms with Crippen molar-refractivity contribution in [3.63, 3.8) is 0 Å². The zero-order valence-corrected chi connectivity index (χ0v) is 11.8. The maximum absolute atomic E-state index is 4.51. The van der Waals surface area contributed by atoms with Gasteiger partial charge in [-0.2, -0.15) is 24.4 Å². The van der Waals surface area contributed by atoms with Crippen LogP contribution in [-0.4, -0.2) is 41.9 Å². The van der Waals surface area contributed by atoms with Gasteiger partial charge < -0.3 is 10.6 Å².